The van der Waals surface area contributed by atoms with E-state index in [0.29, 0.717) is 5.56 Å². The molecule has 1 atom stereocenters. The van der Waals surface area contributed by atoms with Gasteiger partial charge in [-0.1, -0.05) is 24.3 Å². The van der Waals surface area contributed by atoms with E-state index in [9.17, 15) is 9.59 Å². The number of carboxylic acids is 1. The number of fused-ring (bicyclic) bond motifs is 1. The van der Waals surface area contributed by atoms with Crippen LogP contribution in [0.2, 0.25) is 0 Å². The first-order valence-electron chi connectivity index (χ1n) is 6.49. The molecule has 110 valence electrons. The summed E-state index contributed by atoms with van der Waals surface area (Å²) in [4.78, 5) is 27.4. The maximum Gasteiger partial charge on any atom is 0.326 e. The first-order valence-corrected chi connectivity index (χ1v) is 6.49. The lowest BCUT2D eigenvalue weighted by molar-refractivity contribution is -0.139. The number of nitrogens with zero attached hydrogens (tertiary/aromatic N) is 1. The first-order chi connectivity index (χ1) is 10.1. The Kier molecular flexibility index (Phi) is 4.84. The number of methoxy groups -OCH3 is 1. The second-order valence-electron chi connectivity index (χ2n) is 4.55. The van der Waals surface area contributed by atoms with Gasteiger partial charge in [0.05, 0.1) is 5.56 Å². The van der Waals surface area contributed by atoms with E-state index in [4.69, 9.17) is 9.84 Å². The van der Waals surface area contributed by atoms with Gasteiger partial charge in [0.25, 0.3) is 5.91 Å². The third kappa shape index (κ3) is 3.55. The van der Waals surface area contributed by atoms with Crippen LogP contribution in [0.4, 0.5) is 0 Å². The molecule has 0 spiro atoms. The Bertz CT molecular complexity index is 652. The quantitative estimate of drug-likeness (QED) is 0.840. The van der Waals surface area contributed by atoms with Crippen LogP contribution in [0, 0.1) is 0 Å². The zero-order chi connectivity index (χ0) is 15.2. The Morgan fingerprint density at radius 1 is 1.33 bits per heavy atom. The monoisotopic (exact) mass is 288 g/mol. The summed E-state index contributed by atoms with van der Waals surface area (Å²) in [5, 5.41) is 13.2. The summed E-state index contributed by atoms with van der Waals surface area (Å²) in [6, 6.07) is 6.33. The molecule has 1 amide bonds. The molecule has 0 saturated carbocycles. The fourth-order valence-electron chi connectivity index (χ4n) is 2.03. The van der Waals surface area contributed by atoms with E-state index in [1.54, 1.807) is 12.3 Å². The molecular weight excluding hydrogens is 272 g/mol. The molecule has 6 heteroatoms. The van der Waals surface area contributed by atoms with Crippen molar-refractivity contribution in [1.29, 1.82) is 0 Å². The van der Waals surface area contributed by atoms with Crippen LogP contribution < -0.4 is 5.32 Å². The number of amides is 1. The molecule has 2 rings (SSSR count). The molecule has 1 aromatic carbocycles. The van der Waals surface area contributed by atoms with Crippen molar-refractivity contribution >= 4 is 22.6 Å². The number of hydrogen-bond acceptors (Lipinski definition) is 4. The molecule has 1 aromatic heterocycles. The number of ether oxygens (including phenoxy) is 1. The Hall–Kier alpha value is -2.47. The number of benzene rings is 1. The zero-order valence-corrected chi connectivity index (χ0v) is 11.6. The van der Waals surface area contributed by atoms with Crippen molar-refractivity contribution in [2.24, 2.45) is 0 Å². The third-order valence-electron chi connectivity index (χ3n) is 3.13. The van der Waals surface area contributed by atoms with Crippen LogP contribution in [-0.2, 0) is 9.53 Å². The largest absolute Gasteiger partial charge is 0.480 e. The smallest absolute Gasteiger partial charge is 0.326 e. The fourth-order valence-corrected chi connectivity index (χ4v) is 2.03. The van der Waals surface area contributed by atoms with Gasteiger partial charge < -0.3 is 15.2 Å². The lowest BCUT2D eigenvalue weighted by atomic mass is 10.1. The summed E-state index contributed by atoms with van der Waals surface area (Å²) >= 11 is 0. The molecule has 0 bridgehead atoms. The lowest BCUT2D eigenvalue weighted by Crippen LogP contribution is -2.41. The minimum Gasteiger partial charge on any atom is -0.480 e. The van der Waals surface area contributed by atoms with E-state index >= 15 is 0 Å². The summed E-state index contributed by atoms with van der Waals surface area (Å²) < 4.78 is 4.85. The number of carbonyl (C=O) groups excluding carboxylic acids is 1. The molecule has 21 heavy (non-hydrogen) atoms. The Morgan fingerprint density at radius 3 is 2.81 bits per heavy atom. The Morgan fingerprint density at radius 2 is 2.10 bits per heavy atom. The van der Waals surface area contributed by atoms with Crippen molar-refractivity contribution < 1.29 is 19.4 Å². The van der Waals surface area contributed by atoms with Crippen LogP contribution >= 0.6 is 0 Å². The van der Waals surface area contributed by atoms with Gasteiger partial charge in [-0.25, -0.2) is 4.79 Å². The van der Waals surface area contributed by atoms with Crippen LogP contribution in [0.3, 0.4) is 0 Å². The SMILES string of the molecule is COCCC(NC(=O)c1cncc2ccccc12)C(=O)O. The van der Waals surface area contributed by atoms with Crippen molar-refractivity contribution in [2.75, 3.05) is 13.7 Å². The average molecular weight is 288 g/mol. The van der Waals surface area contributed by atoms with Gasteiger partial charge >= 0.3 is 5.97 Å². The lowest BCUT2D eigenvalue weighted by Gasteiger charge is -2.14. The van der Waals surface area contributed by atoms with Crippen molar-refractivity contribution in [3.8, 4) is 0 Å². The molecule has 1 unspecified atom stereocenters. The summed E-state index contributed by atoms with van der Waals surface area (Å²) in [7, 11) is 1.48. The number of carboxylic acid groups (broad SMARTS) is 1. The highest BCUT2D eigenvalue weighted by Gasteiger charge is 2.21. The van der Waals surface area contributed by atoms with Crippen LogP contribution in [0.5, 0.6) is 0 Å². The minimum absolute atomic E-state index is 0.204. The maximum atomic E-state index is 12.3. The number of pyridine rings is 1. The summed E-state index contributed by atoms with van der Waals surface area (Å²) in [6.45, 7) is 0.255. The van der Waals surface area contributed by atoms with Crippen molar-refractivity contribution in [2.45, 2.75) is 12.5 Å². The molecule has 0 aliphatic rings. The summed E-state index contributed by atoms with van der Waals surface area (Å²) in [5.41, 5.74) is 0.358. The summed E-state index contributed by atoms with van der Waals surface area (Å²) in [5.74, 6) is -1.55. The Balaban J connectivity index is 2.23. The van der Waals surface area contributed by atoms with Gasteiger partial charge in [0, 0.05) is 37.9 Å². The maximum absolute atomic E-state index is 12.3. The highest BCUT2D eigenvalue weighted by molar-refractivity contribution is 6.07. The van der Waals surface area contributed by atoms with Crippen molar-refractivity contribution in [1.82, 2.24) is 10.3 Å². The normalized spacial score (nSPS) is 12.0. The summed E-state index contributed by atoms with van der Waals surface area (Å²) in [6.07, 6.45) is 3.30. The van der Waals surface area contributed by atoms with Gasteiger partial charge in [0.1, 0.15) is 6.04 Å². The number of hydrogen-bond donors (Lipinski definition) is 2. The van der Waals surface area contributed by atoms with Crippen LogP contribution in [0.1, 0.15) is 16.8 Å². The molecule has 0 saturated heterocycles. The zero-order valence-electron chi connectivity index (χ0n) is 11.6. The van der Waals surface area contributed by atoms with Gasteiger partial charge in [0.15, 0.2) is 0 Å². The molecule has 0 aliphatic heterocycles. The van der Waals surface area contributed by atoms with Gasteiger partial charge in [-0.3, -0.25) is 9.78 Å². The van der Waals surface area contributed by atoms with E-state index in [1.807, 2.05) is 18.2 Å². The van der Waals surface area contributed by atoms with Crippen molar-refractivity contribution in [3.63, 3.8) is 0 Å². The first kappa shape index (κ1) is 14.9. The fraction of sp³-hybridized carbons (Fsp3) is 0.267. The molecule has 2 N–H and O–H groups in total. The third-order valence-corrected chi connectivity index (χ3v) is 3.13. The van der Waals surface area contributed by atoms with E-state index in [1.165, 1.54) is 13.3 Å². The van der Waals surface area contributed by atoms with E-state index in [-0.39, 0.29) is 13.0 Å². The number of nitrogens with one attached hydrogen (secondary N) is 1. The molecule has 6 nitrogen and oxygen atoms in total. The Labute approximate surface area is 121 Å². The number of rotatable bonds is 6. The number of carbonyl (C=O) groups is 2. The van der Waals surface area contributed by atoms with Gasteiger partial charge in [-0.05, 0) is 5.39 Å². The van der Waals surface area contributed by atoms with E-state index in [2.05, 4.69) is 10.3 Å². The molecule has 1 heterocycles. The molecule has 2 aromatic rings. The second kappa shape index (κ2) is 6.81. The van der Waals surface area contributed by atoms with E-state index < -0.39 is 17.9 Å². The number of aromatic nitrogens is 1. The predicted octanol–water partition coefficient (Wildman–Crippen LogP) is 1.45. The van der Waals surface area contributed by atoms with Crippen LogP contribution in [0.25, 0.3) is 10.8 Å². The van der Waals surface area contributed by atoms with Gasteiger partial charge in [-0.2, -0.15) is 0 Å². The predicted molar refractivity (Wildman–Crippen MR) is 77.1 cm³/mol. The van der Waals surface area contributed by atoms with Crippen molar-refractivity contribution in [3.05, 3.63) is 42.2 Å². The number of aliphatic carboxylic acids is 1. The van der Waals surface area contributed by atoms with E-state index in [0.717, 1.165) is 10.8 Å². The highest BCUT2D eigenvalue weighted by Crippen LogP contribution is 2.17. The molecule has 0 aliphatic carbocycles. The van der Waals surface area contributed by atoms with Gasteiger partial charge in [-0.15, -0.1) is 0 Å². The van der Waals surface area contributed by atoms with Crippen LogP contribution in [0.15, 0.2) is 36.7 Å². The molecule has 0 fully saturated rings. The molecular formula is C15H16N2O4. The van der Waals surface area contributed by atoms with Gasteiger partial charge in [0.2, 0.25) is 0 Å². The molecule has 0 radical (unpaired) electrons. The van der Waals surface area contributed by atoms with Crippen LogP contribution in [-0.4, -0.2) is 41.7 Å². The topological polar surface area (TPSA) is 88.5 Å². The minimum atomic E-state index is -1.09. The highest BCUT2D eigenvalue weighted by atomic mass is 16.5. The average Bonchev–Trinajstić information content (AvgIpc) is 2.50. The standard InChI is InChI=1S/C15H16N2O4/c1-21-7-6-13(15(19)20)17-14(18)12-9-16-8-10-4-2-3-5-11(10)12/h2-5,8-9,13H,6-7H2,1H3,(H,17,18)(H,19,20). The second-order valence-corrected chi connectivity index (χ2v) is 4.55.